The van der Waals surface area contributed by atoms with Gasteiger partial charge in [0.25, 0.3) is 5.91 Å². The normalized spacial score (nSPS) is 11.3. The molecular formula is C21H30N4O4. The van der Waals surface area contributed by atoms with Crippen LogP contribution in [0.2, 0.25) is 0 Å². The number of esters is 1. The van der Waals surface area contributed by atoms with Crippen molar-refractivity contribution in [3.63, 3.8) is 0 Å². The third kappa shape index (κ3) is 7.82. The van der Waals surface area contributed by atoms with Gasteiger partial charge >= 0.3 is 12.0 Å². The van der Waals surface area contributed by atoms with Crippen LogP contribution in [-0.4, -0.2) is 35.1 Å². The lowest BCUT2D eigenvalue weighted by Gasteiger charge is -2.11. The van der Waals surface area contributed by atoms with Crippen molar-refractivity contribution in [1.82, 2.24) is 15.2 Å². The Morgan fingerprint density at radius 3 is 2.45 bits per heavy atom. The van der Waals surface area contributed by atoms with Gasteiger partial charge in [0, 0.05) is 24.0 Å². The van der Waals surface area contributed by atoms with E-state index in [9.17, 15) is 19.6 Å². The summed E-state index contributed by atoms with van der Waals surface area (Å²) in [5, 5.41) is 13.8. The Labute approximate surface area is 171 Å². The monoisotopic (exact) mass is 402 g/mol. The molecule has 0 aromatic carbocycles. The largest absolute Gasteiger partial charge is 0.451 e. The molecule has 0 bridgehead atoms. The zero-order valence-electron chi connectivity index (χ0n) is 18.0. The van der Waals surface area contributed by atoms with E-state index in [0.29, 0.717) is 5.92 Å². The van der Waals surface area contributed by atoms with E-state index in [2.05, 4.69) is 23.7 Å². The first kappa shape index (κ1) is 24.0. The van der Waals surface area contributed by atoms with Gasteiger partial charge in [-0.15, -0.1) is 0 Å². The molecule has 1 heterocycles. The third-order valence-electron chi connectivity index (χ3n) is 4.19. The number of hydrogen-bond acceptors (Lipinski definition) is 5. The molecule has 8 heteroatoms. The number of nitrogens with one attached hydrogen (secondary N) is 2. The number of nitriles is 1. The number of carbonyl (C=O) groups is 3. The maximum Gasteiger partial charge on any atom is 0.349 e. The molecule has 0 fully saturated rings. The highest BCUT2D eigenvalue weighted by molar-refractivity contribution is 6.00. The molecule has 29 heavy (non-hydrogen) atoms. The number of rotatable bonds is 8. The highest BCUT2D eigenvalue weighted by Crippen LogP contribution is 2.20. The molecule has 0 spiro atoms. The van der Waals surface area contributed by atoms with Gasteiger partial charge in [-0.05, 0) is 57.7 Å². The van der Waals surface area contributed by atoms with Crippen molar-refractivity contribution in [2.75, 3.05) is 6.61 Å². The van der Waals surface area contributed by atoms with Crippen LogP contribution in [-0.2, 0) is 20.9 Å². The lowest BCUT2D eigenvalue weighted by Crippen LogP contribution is -2.44. The number of aromatic nitrogens is 1. The number of imide groups is 1. The van der Waals surface area contributed by atoms with Crippen LogP contribution in [0.3, 0.4) is 0 Å². The SMILES string of the molecule is Cc1cc(/C=C(\C#N)C(=O)OCC(=O)NC(=O)NC(C)C)c(C)n1CCC(C)C. The molecule has 0 aliphatic carbocycles. The van der Waals surface area contributed by atoms with Gasteiger partial charge in [-0.3, -0.25) is 10.1 Å². The van der Waals surface area contributed by atoms with E-state index in [0.717, 1.165) is 29.9 Å². The number of nitrogens with zero attached hydrogens (tertiary/aromatic N) is 2. The maximum absolute atomic E-state index is 12.2. The predicted octanol–water partition coefficient (Wildman–Crippen LogP) is 2.84. The fourth-order valence-corrected chi connectivity index (χ4v) is 2.67. The first-order valence-corrected chi connectivity index (χ1v) is 9.61. The van der Waals surface area contributed by atoms with Crippen LogP contribution >= 0.6 is 0 Å². The zero-order valence-corrected chi connectivity index (χ0v) is 18.0. The van der Waals surface area contributed by atoms with Crippen LogP contribution in [0.1, 0.15) is 51.1 Å². The molecule has 0 atom stereocenters. The second-order valence-electron chi connectivity index (χ2n) is 7.58. The summed E-state index contributed by atoms with van der Waals surface area (Å²) in [7, 11) is 0. The Balaban J connectivity index is 2.79. The molecule has 1 rings (SSSR count). The second kappa shape index (κ2) is 11.1. The summed E-state index contributed by atoms with van der Waals surface area (Å²) in [6, 6.07) is 2.90. The van der Waals surface area contributed by atoms with Gasteiger partial charge in [-0.25, -0.2) is 9.59 Å². The van der Waals surface area contributed by atoms with Crippen LogP contribution in [0.25, 0.3) is 6.08 Å². The number of aryl methyl sites for hydroxylation is 1. The van der Waals surface area contributed by atoms with Crippen LogP contribution in [0.4, 0.5) is 4.79 Å². The van der Waals surface area contributed by atoms with E-state index in [1.807, 2.05) is 31.3 Å². The topological polar surface area (TPSA) is 113 Å². The van der Waals surface area contributed by atoms with Gasteiger partial charge in [-0.1, -0.05) is 13.8 Å². The number of ether oxygens (including phenoxy) is 1. The first-order chi connectivity index (χ1) is 13.5. The average Bonchev–Trinajstić information content (AvgIpc) is 2.88. The Kier molecular flexibility index (Phi) is 9.13. The van der Waals surface area contributed by atoms with Crippen molar-refractivity contribution in [3.8, 4) is 6.07 Å². The molecule has 3 amide bonds. The fraction of sp³-hybridized carbons (Fsp3) is 0.524. The number of amides is 3. The van der Waals surface area contributed by atoms with E-state index in [-0.39, 0.29) is 11.6 Å². The van der Waals surface area contributed by atoms with Gasteiger partial charge < -0.3 is 14.6 Å². The summed E-state index contributed by atoms with van der Waals surface area (Å²) in [5.41, 5.74) is 2.52. The molecular weight excluding hydrogens is 372 g/mol. The highest BCUT2D eigenvalue weighted by Gasteiger charge is 2.16. The molecule has 2 N–H and O–H groups in total. The second-order valence-corrected chi connectivity index (χ2v) is 7.58. The molecule has 8 nitrogen and oxygen atoms in total. The number of hydrogen-bond donors (Lipinski definition) is 2. The van der Waals surface area contributed by atoms with E-state index >= 15 is 0 Å². The molecule has 0 unspecified atom stereocenters. The summed E-state index contributed by atoms with van der Waals surface area (Å²) in [6.07, 6.45) is 2.48. The summed E-state index contributed by atoms with van der Waals surface area (Å²) >= 11 is 0. The van der Waals surface area contributed by atoms with Gasteiger partial charge in [0.05, 0.1) is 0 Å². The first-order valence-electron chi connectivity index (χ1n) is 9.61. The Morgan fingerprint density at radius 2 is 1.90 bits per heavy atom. The number of urea groups is 1. The summed E-state index contributed by atoms with van der Waals surface area (Å²) in [6.45, 7) is 11.9. The van der Waals surface area contributed by atoms with Crippen molar-refractivity contribution >= 4 is 24.0 Å². The molecule has 0 radical (unpaired) electrons. The van der Waals surface area contributed by atoms with Crippen LogP contribution < -0.4 is 10.6 Å². The molecule has 1 aromatic rings. The Hall–Kier alpha value is -3.08. The highest BCUT2D eigenvalue weighted by atomic mass is 16.5. The summed E-state index contributed by atoms with van der Waals surface area (Å²) in [5.74, 6) is -1.13. The fourth-order valence-electron chi connectivity index (χ4n) is 2.67. The molecule has 0 aliphatic rings. The van der Waals surface area contributed by atoms with Crippen molar-refractivity contribution < 1.29 is 19.1 Å². The number of carbonyl (C=O) groups excluding carboxylic acids is 3. The summed E-state index contributed by atoms with van der Waals surface area (Å²) < 4.78 is 7.01. The average molecular weight is 402 g/mol. The lowest BCUT2D eigenvalue weighted by atomic mass is 10.1. The van der Waals surface area contributed by atoms with E-state index in [1.165, 1.54) is 6.08 Å². The standard InChI is InChI=1S/C21H30N4O4/c1-13(2)7-8-25-15(5)9-17(16(25)6)10-18(11-22)20(27)29-12-19(26)24-21(28)23-14(3)4/h9-10,13-14H,7-8,12H2,1-6H3,(H2,23,24,26,28)/b18-10+. The van der Waals surface area contributed by atoms with Gasteiger partial charge in [0.1, 0.15) is 11.6 Å². The van der Waals surface area contributed by atoms with Gasteiger partial charge in [-0.2, -0.15) is 5.26 Å². The van der Waals surface area contributed by atoms with Crippen molar-refractivity contribution in [1.29, 1.82) is 5.26 Å². The minimum absolute atomic E-state index is 0.141. The zero-order chi connectivity index (χ0) is 22.1. The lowest BCUT2D eigenvalue weighted by molar-refractivity contribution is -0.144. The van der Waals surface area contributed by atoms with Crippen LogP contribution in [0, 0.1) is 31.1 Å². The van der Waals surface area contributed by atoms with Crippen LogP contribution in [0.15, 0.2) is 11.6 Å². The molecule has 0 saturated heterocycles. The molecule has 0 saturated carbocycles. The van der Waals surface area contributed by atoms with Crippen molar-refractivity contribution in [2.45, 2.75) is 60.5 Å². The Bertz CT molecular complexity index is 828. The van der Waals surface area contributed by atoms with E-state index in [1.54, 1.807) is 13.8 Å². The molecule has 158 valence electrons. The minimum atomic E-state index is -0.918. The summed E-state index contributed by atoms with van der Waals surface area (Å²) in [4.78, 5) is 35.3. The van der Waals surface area contributed by atoms with E-state index < -0.39 is 24.5 Å². The maximum atomic E-state index is 12.2. The van der Waals surface area contributed by atoms with E-state index in [4.69, 9.17) is 4.74 Å². The third-order valence-corrected chi connectivity index (χ3v) is 4.19. The predicted molar refractivity (Wildman–Crippen MR) is 110 cm³/mol. The quantitative estimate of drug-likeness (QED) is 0.394. The van der Waals surface area contributed by atoms with Gasteiger partial charge in [0.15, 0.2) is 6.61 Å². The van der Waals surface area contributed by atoms with Crippen LogP contribution in [0.5, 0.6) is 0 Å². The van der Waals surface area contributed by atoms with Crippen molar-refractivity contribution in [2.24, 2.45) is 5.92 Å². The molecule has 1 aromatic heterocycles. The molecule has 0 aliphatic heterocycles. The minimum Gasteiger partial charge on any atom is -0.451 e. The van der Waals surface area contributed by atoms with Crippen molar-refractivity contribution in [3.05, 3.63) is 28.6 Å². The van der Waals surface area contributed by atoms with Gasteiger partial charge in [0.2, 0.25) is 0 Å². The Morgan fingerprint density at radius 1 is 1.24 bits per heavy atom. The smallest absolute Gasteiger partial charge is 0.349 e.